The van der Waals surface area contributed by atoms with Gasteiger partial charge in [-0.25, -0.2) is 0 Å². The lowest BCUT2D eigenvalue weighted by Crippen LogP contribution is -1.87. The molecule has 0 saturated heterocycles. The number of H-pyrrole nitrogens is 3. The zero-order valence-corrected chi connectivity index (χ0v) is 52.5. The molecule has 426 valence electrons. The maximum Gasteiger partial charge on any atom is 0.0664 e. The minimum absolute atomic E-state index is 0. The van der Waals surface area contributed by atoms with Crippen LogP contribution < -0.4 is 0 Å². The highest BCUT2D eigenvalue weighted by atomic mass is 15.1. The van der Waals surface area contributed by atoms with Gasteiger partial charge in [0.05, 0.1) is 5.69 Å². The molecule has 0 fully saturated rings. The molecule has 0 radical (unpaired) electrons. The van der Waals surface area contributed by atoms with Crippen LogP contribution in [0.15, 0.2) is 157 Å². The Morgan fingerprint density at radius 3 is 1.13 bits per heavy atom. The third-order valence-electron chi connectivity index (χ3n) is 10.0. The van der Waals surface area contributed by atoms with E-state index in [2.05, 4.69) is 217 Å². The lowest BCUT2D eigenvalue weighted by Gasteiger charge is -2.06. The Kier molecular flexibility index (Phi) is 54.4. The maximum absolute atomic E-state index is 4.32. The third-order valence-corrected chi connectivity index (χ3v) is 10.0. The van der Waals surface area contributed by atoms with Crippen molar-refractivity contribution in [2.45, 2.75) is 217 Å². The number of nitrogens with zero attached hydrogens (tertiary/aromatic N) is 3. The predicted octanol–water partition coefficient (Wildman–Crippen LogP) is 23.5. The van der Waals surface area contributed by atoms with Gasteiger partial charge >= 0.3 is 0 Å². The van der Waals surface area contributed by atoms with E-state index >= 15 is 0 Å². The highest BCUT2D eigenvalue weighted by molar-refractivity contribution is 5.80. The summed E-state index contributed by atoms with van der Waals surface area (Å²) in [6, 6.07) is 40.4. The molecule has 8 aromatic rings. The van der Waals surface area contributed by atoms with E-state index in [-0.39, 0.29) is 7.43 Å². The van der Waals surface area contributed by atoms with Gasteiger partial charge in [-0.3, -0.25) is 15.1 Å². The monoisotopic (exact) mass is 1040 g/mol. The van der Waals surface area contributed by atoms with Crippen LogP contribution in [0.1, 0.15) is 243 Å². The molecule has 0 unspecified atom stereocenters. The summed E-state index contributed by atoms with van der Waals surface area (Å²) in [7, 11) is 0. The molecule has 0 atom stereocenters. The number of hydrogen-bond donors (Lipinski definition) is 3. The molecule has 1 aliphatic rings. The van der Waals surface area contributed by atoms with Crippen molar-refractivity contribution in [2.75, 3.05) is 0 Å². The Morgan fingerprint density at radius 2 is 0.803 bits per heavy atom. The first kappa shape index (κ1) is 78.9. The Balaban J connectivity index is -0.000000254. The van der Waals surface area contributed by atoms with Gasteiger partial charge in [0.1, 0.15) is 0 Å². The van der Waals surface area contributed by atoms with E-state index in [1.165, 1.54) is 60.9 Å². The molecule has 0 amide bonds. The summed E-state index contributed by atoms with van der Waals surface area (Å²) < 4.78 is 0. The third kappa shape index (κ3) is 36.1. The maximum atomic E-state index is 4.32. The fourth-order valence-corrected chi connectivity index (χ4v) is 6.09. The Labute approximate surface area is 469 Å². The summed E-state index contributed by atoms with van der Waals surface area (Å²) in [5.41, 5.74) is 11.9. The van der Waals surface area contributed by atoms with Crippen molar-refractivity contribution in [3.05, 3.63) is 186 Å². The molecule has 4 aromatic heterocycles. The van der Waals surface area contributed by atoms with Gasteiger partial charge in [0.25, 0.3) is 0 Å². The Morgan fingerprint density at radius 1 is 0.395 bits per heavy atom. The highest BCUT2D eigenvalue weighted by Crippen LogP contribution is 2.28. The quantitative estimate of drug-likeness (QED) is 0.160. The van der Waals surface area contributed by atoms with Crippen molar-refractivity contribution in [3.8, 4) is 0 Å². The van der Waals surface area contributed by atoms with Crippen LogP contribution in [0, 0.1) is 5.92 Å². The smallest absolute Gasteiger partial charge is 0.0664 e. The number of nitrogens with one attached hydrogen (secondary N) is 3. The van der Waals surface area contributed by atoms with Crippen molar-refractivity contribution in [1.29, 1.82) is 0 Å². The van der Waals surface area contributed by atoms with Gasteiger partial charge in [-0.2, -0.15) is 5.10 Å². The average Bonchev–Trinajstić information content (AvgIpc) is 4.33. The SMILES string of the molecule is C.CC.CC.CC.CC.CC.CC.CC(C)C.CC(C)c1ccc2c(c1)N=CC2.CC(C)c1ccc2cc[nH]c2c1.CC(C)c1ccc2cc[nH]c2c1.CC(C)c1ccccc1.CC(C)c1cccnc1.c1cn[nH]c1. The number of pyridine rings is 1. The molecule has 1 aliphatic heterocycles. The van der Waals surface area contributed by atoms with Crippen molar-refractivity contribution in [2.24, 2.45) is 10.9 Å². The van der Waals surface area contributed by atoms with Crippen molar-refractivity contribution in [3.63, 3.8) is 0 Å². The van der Waals surface area contributed by atoms with E-state index in [0.29, 0.717) is 29.6 Å². The topological polar surface area (TPSA) is 85.5 Å². The first-order valence-electron chi connectivity index (χ1n) is 28.8. The number of rotatable bonds is 5. The van der Waals surface area contributed by atoms with Crippen LogP contribution in [0.3, 0.4) is 0 Å². The second-order valence-electron chi connectivity index (χ2n) is 18.0. The first-order valence-corrected chi connectivity index (χ1v) is 28.8. The summed E-state index contributed by atoms with van der Waals surface area (Å²) in [6.45, 7) is 52.5. The first-order chi connectivity index (χ1) is 36.2. The minimum atomic E-state index is 0. The number of aromatic nitrogens is 5. The second kappa shape index (κ2) is 52.4. The number of hydrogen-bond acceptors (Lipinski definition) is 3. The normalized spacial score (nSPS) is 9.62. The molecule has 76 heavy (non-hydrogen) atoms. The molecule has 4 aromatic carbocycles. The van der Waals surface area contributed by atoms with Gasteiger partial charge in [0.15, 0.2) is 0 Å². The van der Waals surface area contributed by atoms with Crippen LogP contribution in [0.4, 0.5) is 5.69 Å². The molecule has 0 spiro atoms. The van der Waals surface area contributed by atoms with Crippen LogP contribution in [0.2, 0.25) is 0 Å². The zero-order valence-electron chi connectivity index (χ0n) is 52.5. The Bertz CT molecular complexity index is 2260. The second-order valence-corrected chi connectivity index (χ2v) is 18.0. The van der Waals surface area contributed by atoms with Crippen molar-refractivity contribution < 1.29 is 0 Å². The summed E-state index contributed by atoms with van der Waals surface area (Å²) in [5, 5.41) is 8.79. The lowest BCUT2D eigenvalue weighted by atomic mass is 10.0. The standard InChI is InChI=1S/3C11H13N.C9H12.C8H11N.C4H10.C3H4N2.6C2H6.CH4/c3*1-8(2)10-4-3-9-5-6-12-11(9)7-10;1-8(2)9-6-4-3-5-7-9;1-7(2)8-4-3-5-9-6-8;1-4(2)3;1-2-4-5-3-1;6*1-2;/h3-4,6-8H,5H2,1-2H3;2*3-8,12H,1-2H3;3-8H,1-2H3;3-7H,1-2H3;4H,1-3H3;1-3H,(H,4,5);6*1-2H3;1H4. The van der Waals surface area contributed by atoms with Crippen LogP contribution >= 0.6 is 0 Å². The molecule has 6 nitrogen and oxygen atoms in total. The summed E-state index contributed by atoms with van der Waals surface area (Å²) in [4.78, 5) is 14.8. The van der Waals surface area contributed by atoms with E-state index in [1.807, 2.05) is 126 Å². The van der Waals surface area contributed by atoms with E-state index < -0.39 is 0 Å². The molecule has 6 heteroatoms. The van der Waals surface area contributed by atoms with Gasteiger partial charge in [-0.15, -0.1) is 0 Å². The van der Waals surface area contributed by atoms with Crippen LogP contribution in [-0.4, -0.2) is 31.4 Å². The van der Waals surface area contributed by atoms with Gasteiger partial charge in [0, 0.05) is 60.8 Å². The van der Waals surface area contributed by atoms with E-state index in [4.69, 9.17) is 0 Å². The summed E-state index contributed by atoms with van der Waals surface area (Å²) in [6.07, 6.45) is 14.1. The van der Waals surface area contributed by atoms with Crippen molar-refractivity contribution >= 4 is 33.7 Å². The van der Waals surface area contributed by atoms with Crippen molar-refractivity contribution in [1.82, 2.24) is 25.1 Å². The molecule has 3 N–H and O–H groups in total. The van der Waals surface area contributed by atoms with Crippen LogP contribution in [-0.2, 0) is 6.42 Å². The molecular weight excluding hydrogens is 925 g/mol. The summed E-state index contributed by atoms with van der Waals surface area (Å²) in [5.74, 6) is 3.91. The largest absolute Gasteiger partial charge is 0.361 e. The molecule has 5 heterocycles. The van der Waals surface area contributed by atoms with Crippen LogP contribution in [0.5, 0.6) is 0 Å². The highest BCUT2D eigenvalue weighted by Gasteiger charge is 2.08. The summed E-state index contributed by atoms with van der Waals surface area (Å²) >= 11 is 0. The van der Waals surface area contributed by atoms with E-state index in [0.717, 1.165) is 12.3 Å². The molecule has 0 saturated carbocycles. The Hall–Kier alpha value is -6.01. The fraction of sp³-hybridized carbons (Fsp3) is 0.471. The lowest BCUT2D eigenvalue weighted by molar-refractivity contribution is 0.737. The fourth-order valence-electron chi connectivity index (χ4n) is 6.09. The number of aromatic amines is 3. The minimum Gasteiger partial charge on any atom is -0.361 e. The molecule has 0 bridgehead atoms. The number of aliphatic imine (C=N–C) groups is 1. The number of fused-ring (bicyclic) bond motifs is 3. The van der Waals surface area contributed by atoms with Gasteiger partial charge < -0.3 is 9.97 Å². The molecular formula is C70H116N6. The van der Waals surface area contributed by atoms with Crippen LogP contribution in [0.25, 0.3) is 21.8 Å². The molecule has 0 aliphatic carbocycles. The van der Waals surface area contributed by atoms with E-state index in [1.54, 1.807) is 18.6 Å². The molecule has 9 rings (SSSR count). The van der Waals surface area contributed by atoms with Gasteiger partial charge in [-0.1, -0.05) is 253 Å². The van der Waals surface area contributed by atoms with Gasteiger partial charge in [0.2, 0.25) is 0 Å². The van der Waals surface area contributed by atoms with E-state index in [9.17, 15) is 0 Å². The predicted molar refractivity (Wildman–Crippen MR) is 350 cm³/mol. The van der Waals surface area contributed by atoms with Gasteiger partial charge in [-0.05, 0) is 122 Å². The number of benzene rings is 4. The zero-order chi connectivity index (χ0) is 58.1. The average molecular weight is 1040 g/mol.